The maximum atomic E-state index is 12.8. The first-order valence-electron chi connectivity index (χ1n) is 9.57. The van der Waals surface area contributed by atoms with Crippen LogP contribution in [0.2, 0.25) is 0 Å². The number of aromatic amines is 1. The first kappa shape index (κ1) is 17.3. The Morgan fingerprint density at radius 3 is 2.45 bits per heavy atom. The molecule has 1 aliphatic heterocycles. The van der Waals surface area contributed by atoms with Gasteiger partial charge in [0, 0.05) is 36.0 Å². The van der Waals surface area contributed by atoms with Crippen LogP contribution in [-0.4, -0.2) is 37.5 Å². The maximum Gasteiger partial charge on any atom is 0.272 e. The number of carbonyl (C=O) groups excluding carboxylic acids is 1. The van der Waals surface area contributed by atoms with E-state index in [9.17, 15) is 4.79 Å². The van der Waals surface area contributed by atoms with Gasteiger partial charge in [0.25, 0.3) is 5.91 Å². The van der Waals surface area contributed by atoms with Gasteiger partial charge in [0.1, 0.15) is 12.0 Å². The van der Waals surface area contributed by atoms with Gasteiger partial charge in [-0.2, -0.15) is 5.10 Å². The Kier molecular flexibility index (Phi) is 4.37. The molecule has 2 aromatic heterocycles. The van der Waals surface area contributed by atoms with Gasteiger partial charge in [0.05, 0.1) is 12.2 Å². The summed E-state index contributed by atoms with van der Waals surface area (Å²) in [5.41, 5.74) is 6.88. The maximum absolute atomic E-state index is 12.8. The van der Waals surface area contributed by atoms with E-state index < -0.39 is 0 Å². The van der Waals surface area contributed by atoms with Crippen LogP contribution in [0.3, 0.4) is 0 Å². The number of H-pyrrole nitrogens is 1. The molecule has 0 spiro atoms. The molecule has 0 saturated carbocycles. The van der Waals surface area contributed by atoms with Gasteiger partial charge in [0.2, 0.25) is 0 Å². The predicted octanol–water partition coefficient (Wildman–Crippen LogP) is 3.73. The van der Waals surface area contributed by atoms with Crippen LogP contribution in [0.1, 0.15) is 21.7 Å². The number of aromatic nitrogens is 4. The molecule has 1 amide bonds. The SMILES string of the molecule is O=C(c1ccncn1)N1CCc2[nH]nc(-c3ccc(-c4ccccc4)cc3)c2C1. The Balaban J connectivity index is 1.42. The average molecular weight is 381 g/mol. The molecule has 3 heterocycles. The van der Waals surface area contributed by atoms with Gasteiger partial charge in [-0.3, -0.25) is 9.89 Å². The molecule has 1 aliphatic rings. The highest BCUT2D eigenvalue weighted by Gasteiger charge is 2.26. The summed E-state index contributed by atoms with van der Waals surface area (Å²) in [6.07, 6.45) is 3.74. The molecule has 6 nitrogen and oxygen atoms in total. The normalized spacial score (nSPS) is 13.2. The molecule has 1 N–H and O–H groups in total. The fourth-order valence-corrected chi connectivity index (χ4v) is 3.74. The third-order valence-corrected chi connectivity index (χ3v) is 5.29. The van der Waals surface area contributed by atoms with Gasteiger partial charge in [-0.05, 0) is 17.2 Å². The van der Waals surface area contributed by atoms with E-state index in [4.69, 9.17) is 0 Å². The number of amides is 1. The average Bonchev–Trinajstić information content (AvgIpc) is 3.23. The van der Waals surface area contributed by atoms with E-state index in [1.807, 2.05) is 23.1 Å². The Labute approximate surface area is 168 Å². The molecule has 0 bridgehead atoms. The number of benzene rings is 2. The van der Waals surface area contributed by atoms with Crippen LogP contribution >= 0.6 is 0 Å². The lowest BCUT2D eigenvalue weighted by atomic mass is 9.98. The molecule has 0 unspecified atom stereocenters. The molecule has 29 heavy (non-hydrogen) atoms. The van der Waals surface area contributed by atoms with Gasteiger partial charge in [0.15, 0.2) is 0 Å². The summed E-state index contributed by atoms with van der Waals surface area (Å²) in [5, 5.41) is 7.71. The Morgan fingerprint density at radius 1 is 0.931 bits per heavy atom. The van der Waals surface area contributed by atoms with Gasteiger partial charge in [-0.1, -0.05) is 54.6 Å². The number of nitrogens with zero attached hydrogens (tertiary/aromatic N) is 4. The van der Waals surface area contributed by atoms with E-state index >= 15 is 0 Å². The van der Waals surface area contributed by atoms with Crippen molar-refractivity contribution in [2.45, 2.75) is 13.0 Å². The summed E-state index contributed by atoms with van der Waals surface area (Å²) in [7, 11) is 0. The number of fused-ring (bicyclic) bond motifs is 1. The van der Waals surface area contributed by atoms with Crippen LogP contribution in [0.5, 0.6) is 0 Å². The molecule has 0 fully saturated rings. The van der Waals surface area contributed by atoms with E-state index in [1.165, 1.54) is 17.5 Å². The van der Waals surface area contributed by atoms with E-state index in [2.05, 4.69) is 56.6 Å². The standard InChI is InChI=1S/C23H19N5O/c29-23(21-10-12-24-15-25-21)28-13-11-20-19(14-28)22(27-26-20)18-8-6-17(7-9-18)16-4-2-1-3-5-16/h1-10,12,15H,11,13-14H2,(H,26,27). The summed E-state index contributed by atoms with van der Waals surface area (Å²) in [6, 6.07) is 20.3. The number of rotatable bonds is 3. The van der Waals surface area contributed by atoms with Crippen molar-refractivity contribution < 1.29 is 4.79 Å². The number of carbonyl (C=O) groups is 1. The zero-order chi connectivity index (χ0) is 19.6. The lowest BCUT2D eigenvalue weighted by Crippen LogP contribution is -2.36. The minimum atomic E-state index is -0.0791. The zero-order valence-corrected chi connectivity index (χ0v) is 15.7. The molecule has 6 heteroatoms. The van der Waals surface area contributed by atoms with Gasteiger partial charge in [-0.15, -0.1) is 0 Å². The molecule has 2 aromatic carbocycles. The van der Waals surface area contributed by atoms with Crippen LogP contribution in [0, 0.1) is 0 Å². The van der Waals surface area contributed by atoms with Crippen LogP contribution in [0.4, 0.5) is 0 Å². The highest BCUT2D eigenvalue weighted by atomic mass is 16.2. The zero-order valence-electron chi connectivity index (χ0n) is 15.7. The molecular weight excluding hydrogens is 362 g/mol. The highest BCUT2D eigenvalue weighted by Crippen LogP contribution is 2.30. The minimum absolute atomic E-state index is 0.0791. The second-order valence-corrected chi connectivity index (χ2v) is 7.04. The summed E-state index contributed by atoms with van der Waals surface area (Å²) >= 11 is 0. The lowest BCUT2D eigenvalue weighted by molar-refractivity contribution is 0.0728. The molecular formula is C23H19N5O. The number of hydrogen-bond donors (Lipinski definition) is 1. The fraction of sp³-hybridized carbons (Fsp3) is 0.130. The first-order valence-corrected chi connectivity index (χ1v) is 9.57. The van der Waals surface area contributed by atoms with Gasteiger partial charge < -0.3 is 4.90 Å². The number of nitrogens with one attached hydrogen (secondary N) is 1. The molecule has 4 aromatic rings. The van der Waals surface area contributed by atoms with E-state index in [0.29, 0.717) is 18.8 Å². The van der Waals surface area contributed by atoms with Crippen molar-refractivity contribution in [2.24, 2.45) is 0 Å². The smallest absolute Gasteiger partial charge is 0.272 e. The van der Waals surface area contributed by atoms with Crippen molar-refractivity contribution in [3.8, 4) is 22.4 Å². The van der Waals surface area contributed by atoms with Crippen molar-refractivity contribution in [3.05, 3.63) is 90.1 Å². The largest absolute Gasteiger partial charge is 0.332 e. The summed E-state index contributed by atoms with van der Waals surface area (Å²) in [5.74, 6) is -0.0791. The molecule has 0 aliphatic carbocycles. The van der Waals surface area contributed by atoms with Crippen LogP contribution in [0.15, 0.2) is 73.2 Å². The quantitative estimate of drug-likeness (QED) is 0.587. The summed E-state index contributed by atoms with van der Waals surface area (Å²) in [4.78, 5) is 22.6. The van der Waals surface area contributed by atoms with Gasteiger partial charge in [-0.25, -0.2) is 9.97 Å². The second-order valence-electron chi connectivity index (χ2n) is 7.04. The third kappa shape index (κ3) is 3.29. The first-order chi connectivity index (χ1) is 14.3. The molecule has 142 valence electrons. The monoisotopic (exact) mass is 381 g/mol. The molecule has 0 saturated heterocycles. The van der Waals surface area contributed by atoms with Crippen LogP contribution < -0.4 is 0 Å². The second kappa shape index (κ2) is 7.31. The van der Waals surface area contributed by atoms with E-state index in [-0.39, 0.29) is 5.91 Å². The van der Waals surface area contributed by atoms with Crippen molar-refractivity contribution in [1.82, 2.24) is 25.1 Å². The topological polar surface area (TPSA) is 74.8 Å². The number of hydrogen-bond acceptors (Lipinski definition) is 4. The van der Waals surface area contributed by atoms with Crippen molar-refractivity contribution in [3.63, 3.8) is 0 Å². The van der Waals surface area contributed by atoms with Gasteiger partial charge >= 0.3 is 0 Å². The Morgan fingerprint density at radius 2 is 1.69 bits per heavy atom. The highest BCUT2D eigenvalue weighted by molar-refractivity contribution is 5.92. The minimum Gasteiger partial charge on any atom is -0.332 e. The van der Waals surface area contributed by atoms with E-state index in [0.717, 1.165) is 28.9 Å². The lowest BCUT2D eigenvalue weighted by Gasteiger charge is -2.26. The van der Waals surface area contributed by atoms with Crippen molar-refractivity contribution >= 4 is 5.91 Å². The van der Waals surface area contributed by atoms with Crippen molar-refractivity contribution in [2.75, 3.05) is 6.54 Å². The molecule has 0 radical (unpaired) electrons. The van der Waals surface area contributed by atoms with Crippen molar-refractivity contribution in [1.29, 1.82) is 0 Å². The van der Waals surface area contributed by atoms with Crippen LogP contribution in [-0.2, 0) is 13.0 Å². The Bertz CT molecular complexity index is 1140. The van der Waals surface area contributed by atoms with E-state index in [1.54, 1.807) is 12.3 Å². The Hall–Kier alpha value is -3.80. The molecule has 0 atom stereocenters. The molecule has 5 rings (SSSR count). The fourth-order valence-electron chi connectivity index (χ4n) is 3.74. The van der Waals surface area contributed by atoms with Crippen LogP contribution in [0.25, 0.3) is 22.4 Å². The predicted molar refractivity (Wildman–Crippen MR) is 110 cm³/mol. The third-order valence-electron chi connectivity index (χ3n) is 5.29. The summed E-state index contributed by atoms with van der Waals surface area (Å²) in [6.45, 7) is 1.16. The summed E-state index contributed by atoms with van der Waals surface area (Å²) < 4.78 is 0.